The molecule has 0 saturated carbocycles. The van der Waals surface area contributed by atoms with Crippen molar-refractivity contribution in [2.24, 2.45) is 0 Å². The minimum absolute atomic E-state index is 0.176. The Hall–Kier alpha value is -2.87. The highest BCUT2D eigenvalue weighted by Gasteiger charge is 1.95. The molecule has 1 N–H and O–H groups in total. The zero-order valence-electron chi connectivity index (χ0n) is 12.9. The van der Waals surface area contributed by atoms with E-state index < -0.39 is 5.97 Å². The summed E-state index contributed by atoms with van der Waals surface area (Å²) in [5.41, 5.74) is 0.609. The molecule has 0 bridgehead atoms. The minimum Gasteiger partial charge on any atom is -0.478 e. The van der Waals surface area contributed by atoms with Gasteiger partial charge in [-0.3, -0.25) is 0 Å². The molecule has 0 aromatic carbocycles. The highest BCUT2D eigenvalue weighted by molar-refractivity contribution is 5.86. The van der Waals surface area contributed by atoms with E-state index in [9.17, 15) is 9.59 Å². The maximum atomic E-state index is 10.2. The second-order valence-electron chi connectivity index (χ2n) is 3.16. The van der Waals surface area contributed by atoms with E-state index in [-0.39, 0.29) is 11.5 Å². The Balaban J connectivity index is -0.0000000948. The molecule has 0 atom stereocenters. The summed E-state index contributed by atoms with van der Waals surface area (Å²) in [6, 6.07) is 1.69. The van der Waals surface area contributed by atoms with Crippen LogP contribution in [-0.4, -0.2) is 24.2 Å². The molecule has 0 saturated heterocycles. The molecule has 0 aromatic rings. The number of hydrogen-bond acceptors (Lipinski definition) is 4. The van der Waals surface area contributed by atoms with E-state index in [2.05, 4.69) is 37.6 Å². The van der Waals surface area contributed by atoms with Crippen LogP contribution >= 0.6 is 0 Å². The molecule has 21 heavy (non-hydrogen) atoms. The van der Waals surface area contributed by atoms with Crippen LogP contribution in [0.1, 0.15) is 13.8 Å². The highest BCUT2D eigenvalue weighted by Crippen LogP contribution is 1.87. The molecule has 0 spiro atoms. The number of ether oxygens (including phenoxy) is 1. The van der Waals surface area contributed by atoms with Gasteiger partial charge in [0.05, 0.1) is 13.2 Å². The van der Waals surface area contributed by atoms with Gasteiger partial charge in [0.1, 0.15) is 0 Å². The number of carboxylic acids is 1. The number of esters is 1. The van der Waals surface area contributed by atoms with Crippen molar-refractivity contribution in [3.05, 3.63) is 62.3 Å². The van der Waals surface area contributed by atoms with E-state index in [1.807, 2.05) is 0 Å². The fourth-order valence-corrected chi connectivity index (χ4v) is 0.174. The van der Waals surface area contributed by atoms with E-state index in [0.29, 0.717) is 5.57 Å². The normalized spacial score (nSPS) is 6.38. The number of nitrogens with zero attached hydrogens (tertiary/aromatic N) is 1. The van der Waals surface area contributed by atoms with Crippen LogP contribution in [0.15, 0.2) is 62.3 Å². The van der Waals surface area contributed by atoms with Gasteiger partial charge < -0.3 is 9.84 Å². The molecular formula is C16H23NO4. The van der Waals surface area contributed by atoms with Crippen LogP contribution in [0.4, 0.5) is 0 Å². The number of methoxy groups -OCH3 is 1. The van der Waals surface area contributed by atoms with Crippen molar-refractivity contribution in [3.63, 3.8) is 0 Å². The minimum atomic E-state index is -0.935. The summed E-state index contributed by atoms with van der Waals surface area (Å²) in [5, 5.41) is 15.4. The van der Waals surface area contributed by atoms with Gasteiger partial charge in [-0.15, -0.1) is 0 Å². The first-order chi connectivity index (χ1) is 9.65. The Labute approximate surface area is 126 Å². The average Bonchev–Trinajstić information content (AvgIpc) is 2.47. The fourth-order valence-electron chi connectivity index (χ4n) is 0.174. The maximum absolute atomic E-state index is 10.2. The average molecular weight is 293 g/mol. The highest BCUT2D eigenvalue weighted by atomic mass is 16.5. The zero-order chi connectivity index (χ0) is 17.8. The first-order valence-corrected chi connectivity index (χ1v) is 5.52. The van der Waals surface area contributed by atoms with Gasteiger partial charge in [-0.2, -0.15) is 5.26 Å². The van der Waals surface area contributed by atoms with Crippen molar-refractivity contribution in [2.45, 2.75) is 13.8 Å². The topological polar surface area (TPSA) is 87.4 Å². The lowest BCUT2D eigenvalue weighted by Crippen LogP contribution is -1.98. The van der Waals surface area contributed by atoms with Crippen molar-refractivity contribution in [3.8, 4) is 6.07 Å². The molecule has 0 fully saturated rings. The third kappa shape index (κ3) is 47.0. The van der Waals surface area contributed by atoms with E-state index in [4.69, 9.17) is 10.4 Å². The van der Waals surface area contributed by atoms with Crippen LogP contribution in [0.5, 0.6) is 0 Å². The summed E-state index contributed by atoms with van der Waals surface area (Å²) >= 11 is 0. The van der Waals surface area contributed by atoms with Crippen molar-refractivity contribution in [1.82, 2.24) is 0 Å². The van der Waals surface area contributed by atoms with Crippen molar-refractivity contribution in [2.75, 3.05) is 7.11 Å². The number of carboxylic acid groups (broad SMARTS) is 1. The lowest BCUT2D eigenvalue weighted by Gasteiger charge is -1.91. The molecule has 0 amide bonds. The second kappa shape index (κ2) is 22.3. The van der Waals surface area contributed by atoms with E-state index in [1.54, 1.807) is 25.1 Å². The van der Waals surface area contributed by atoms with Crippen LogP contribution in [0.3, 0.4) is 0 Å². The molecule has 5 nitrogen and oxygen atoms in total. The second-order valence-corrected chi connectivity index (χ2v) is 3.16. The molecular weight excluding hydrogens is 270 g/mol. The van der Waals surface area contributed by atoms with Gasteiger partial charge >= 0.3 is 11.9 Å². The van der Waals surface area contributed by atoms with Crippen LogP contribution in [0.2, 0.25) is 0 Å². The molecule has 0 aromatic heterocycles. The maximum Gasteiger partial charge on any atom is 0.332 e. The summed E-state index contributed by atoms with van der Waals surface area (Å²) in [6.07, 6.45) is 4.46. The lowest BCUT2D eigenvalue weighted by molar-refractivity contribution is -0.136. The predicted octanol–water partition coefficient (Wildman–Crippen LogP) is 3.44. The van der Waals surface area contributed by atoms with Crippen LogP contribution in [0, 0.1) is 11.3 Å². The van der Waals surface area contributed by atoms with Crippen molar-refractivity contribution >= 4 is 11.9 Å². The molecule has 0 unspecified atom stereocenters. The number of carbonyl (C=O) groups is 2. The van der Waals surface area contributed by atoms with Crippen molar-refractivity contribution in [1.29, 1.82) is 5.26 Å². The van der Waals surface area contributed by atoms with Gasteiger partial charge in [-0.25, -0.2) is 9.59 Å². The molecule has 0 aliphatic rings. The molecule has 0 aliphatic heterocycles. The largest absolute Gasteiger partial charge is 0.478 e. The predicted molar refractivity (Wildman–Crippen MR) is 85.5 cm³/mol. The third-order valence-electron chi connectivity index (χ3n) is 1.16. The van der Waals surface area contributed by atoms with Gasteiger partial charge in [0.25, 0.3) is 0 Å². The van der Waals surface area contributed by atoms with Gasteiger partial charge in [0, 0.05) is 17.2 Å². The molecule has 0 heterocycles. The Morgan fingerprint density at radius 2 is 1.38 bits per heavy atom. The lowest BCUT2D eigenvalue weighted by atomic mass is 10.4. The molecule has 0 aliphatic carbocycles. The van der Waals surface area contributed by atoms with Crippen LogP contribution in [0.25, 0.3) is 0 Å². The number of nitriles is 1. The van der Waals surface area contributed by atoms with Gasteiger partial charge in [0.2, 0.25) is 0 Å². The fraction of sp³-hybridized carbons (Fsp3) is 0.188. The summed E-state index contributed by atoms with van der Waals surface area (Å²) in [5.74, 6) is -1.28. The number of rotatable bonds is 3. The summed E-state index contributed by atoms with van der Waals surface area (Å²) in [6.45, 7) is 19.4. The summed E-state index contributed by atoms with van der Waals surface area (Å²) in [4.78, 5) is 19.8. The van der Waals surface area contributed by atoms with Gasteiger partial charge in [0.15, 0.2) is 0 Å². The monoisotopic (exact) mass is 293 g/mol. The van der Waals surface area contributed by atoms with Crippen LogP contribution < -0.4 is 0 Å². The standard InChI is InChI=1S/C5H8O2.C4H6O2.C4H6.C3H3N/c1-4(2)5(6)7-3;1-3(2)4(5)6;1-3-4-2;1-2-3-4/h1H2,2-3H3;1H2,2H3,(H,5,6);3-4H,1-2H2;2H,1H2. The molecule has 0 rings (SSSR count). The third-order valence-corrected chi connectivity index (χ3v) is 1.16. The van der Waals surface area contributed by atoms with Gasteiger partial charge in [-0.05, 0) is 13.8 Å². The van der Waals surface area contributed by atoms with E-state index in [0.717, 1.165) is 0 Å². The van der Waals surface area contributed by atoms with Gasteiger partial charge in [-0.1, -0.05) is 45.0 Å². The first kappa shape index (κ1) is 26.6. The zero-order valence-corrected chi connectivity index (χ0v) is 12.9. The van der Waals surface area contributed by atoms with Crippen LogP contribution in [-0.2, 0) is 14.3 Å². The van der Waals surface area contributed by atoms with E-state index in [1.165, 1.54) is 20.1 Å². The Morgan fingerprint density at radius 1 is 1.10 bits per heavy atom. The Bertz CT molecular complexity index is 396. The SMILES string of the molecule is C=C(C)C(=O)O.C=C(C)C(=O)OC.C=CC#N.C=CC=C. The molecule has 116 valence electrons. The Kier molecular flexibility index (Phi) is 28.3. The number of allylic oxidation sites excluding steroid dienone is 3. The summed E-state index contributed by atoms with van der Waals surface area (Å²) in [7, 11) is 1.33. The number of hydrogen-bond donors (Lipinski definition) is 1. The Morgan fingerprint density at radius 3 is 1.38 bits per heavy atom. The molecule has 0 radical (unpaired) electrons. The summed E-state index contributed by atoms with van der Waals surface area (Å²) < 4.78 is 4.27. The quantitative estimate of drug-likeness (QED) is 0.373. The first-order valence-electron chi connectivity index (χ1n) is 5.52. The number of aliphatic carboxylic acids is 1. The van der Waals surface area contributed by atoms with E-state index >= 15 is 0 Å². The van der Waals surface area contributed by atoms with Crippen molar-refractivity contribution < 1.29 is 19.4 Å². The number of carbonyl (C=O) groups excluding carboxylic acids is 1. The smallest absolute Gasteiger partial charge is 0.332 e. The molecule has 5 heteroatoms.